The van der Waals surface area contributed by atoms with Crippen molar-refractivity contribution in [2.24, 2.45) is 5.92 Å². The van der Waals surface area contributed by atoms with Crippen LogP contribution in [0.1, 0.15) is 18.2 Å². The fourth-order valence-corrected chi connectivity index (χ4v) is 2.85. The lowest BCUT2D eigenvalue weighted by atomic mass is 10.1. The molecule has 1 unspecified atom stereocenters. The molecule has 0 spiro atoms. The Kier molecular flexibility index (Phi) is 5.91. The van der Waals surface area contributed by atoms with E-state index in [1.54, 1.807) is 38.0 Å². The summed E-state index contributed by atoms with van der Waals surface area (Å²) in [6.07, 6.45) is 3.32. The van der Waals surface area contributed by atoms with Crippen LogP contribution in [0.4, 0.5) is 11.5 Å². The van der Waals surface area contributed by atoms with Gasteiger partial charge in [-0.15, -0.1) is 0 Å². The molecule has 3 rings (SSSR count). The number of rotatable bonds is 8. The molecule has 3 aromatic rings. The number of hydrogen-bond acceptors (Lipinski definition) is 6. The van der Waals surface area contributed by atoms with Gasteiger partial charge in [0.25, 0.3) is 0 Å². The smallest absolute Gasteiger partial charge is 0.390 e. The molecule has 1 amide bonds. The normalized spacial score (nSPS) is 11.8. The lowest BCUT2D eigenvalue weighted by molar-refractivity contribution is -0.389. The summed E-state index contributed by atoms with van der Waals surface area (Å²) >= 11 is 0. The van der Waals surface area contributed by atoms with E-state index in [4.69, 9.17) is 4.74 Å². The Labute approximate surface area is 167 Å². The van der Waals surface area contributed by atoms with E-state index in [0.29, 0.717) is 17.9 Å². The van der Waals surface area contributed by atoms with Crippen molar-refractivity contribution in [3.8, 4) is 5.75 Å². The van der Waals surface area contributed by atoms with Gasteiger partial charge in [0, 0.05) is 6.20 Å². The van der Waals surface area contributed by atoms with Gasteiger partial charge >= 0.3 is 5.82 Å². The number of nitrogens with zero attached hydrogens (tertiary/aromatic N) is 5. The van der Waals surface area contributed by atoms with Crippen molar-refractivity contribution in [3.05, 3.63) is 64.1 Å². The van der Waals surface area contributed by atoms with Crippen LogP contribution in [0.5, 0.6) is 5.75 Å². The Morgan fingerprint density at radius 3 is 2.86 bits per heavy atom. The summed E-state index contributed by atoms with van der Waals surface area (Å²) < 4.78 is 8.40. The number of hydrogen-bond donors (Lipinski definition) is 1. The molecule has 1 N–H and O–H groups in total. The minimum atomic E-state index is -0.551. The zero-order valence-electron chi connectivity index (χ0n) is 16.4. The van der Waals surface area contributed by atoms with Crippen LogP contribution in [0.3, 0.4) is 0 Å². The number of benzene rings is 1. The van der Waals surface area contributed by atoms with Crippen molar-refractivity contribution in [1.29, 1.82) is 0 Å². The van der Waals surface area contributed by atoms with E-state index in [1.165, 1.54) is 10.7 Å². The van der Waals surface area contributed by atoms with Crippen LogP contribution in [-0.2, 0) is 17.9 Å². The van der Waals surface area contributed by atoms with Gasteiger partial charge in [-0.05, 0) is 29.5 Å². The first-order chi connectivity index (χ1) is 13.9. The van der Waals surface area contributed by atoms with E-state index in [1.807, 2.05) is 24.3 Å². The molecule has 1 atom stereocenters. The summed E-state index contributed by atoms with van der Waals surface area (Å²) in [5, 5.41) is 21.8. The molecule has 0 aliphatic rings. The molecular formula is C19H22N6O4. The summed E-state index contributed by atoms with van der Waals surface area (Å²) in [6, 6.07) is 9.05. The number of methoxy groups -OCH3 is 1. The van der Waals surface area contributed by atoms with Gasteiger partial charge in [-0.2, -0.15) is 9.78 Å². The maximum Gasteiger partial charge on any atom is 0.390 e. The largest absolute Gasteiger partial charge is 0.497 e. The number of nitro groups is 1. The quantitative estimate of drug-likeness (QED) is 0.460. The number of nitrogens with one attached hydrogen (secondary N) is 1. The highest BCUT2D eigenvalue weighted by atomic mass is 16.6. The van der Waals surface area contributed by atoms with E-state index in [-0.39, 0.29) is 18.3 Å². The number of carbonyl (C=O) groups excluding carboxylic acids is 1. The lowest BCUT2D eigenvalue weighted by Crippen LogP contribution is -2.25. The maximum atomic E-state index is 12.5. The number of amides is 1. The van der Waals surface area contributed by atoms with Crippen molar-refractivity contribution in [3.63, 3.8) is 0 Å². The third kappa shape index (κ3) is 4.98. The van der Waals surface area contributed by atoms with E-state index in [2.05, 4.69) is 15.5 Å². The van der Waals surface area contributed by atoms with E-state index >= 15 is 0 Å². The van der Waals surface area contributed by atoms with Gasteiger partial charge in [0.1, 0.15) is 5.75 Å². The Balaban J connectivity index is 1.60. The Hall–Kier alpha value is -3.69. The summed E-state index contributed by atoms with van der Waals surface area (Å²) in [6.45, 7) is 4.23. The number of aromatic nitrogens is 4. The van der Waals surface area contributed by atoms with Gasteiger partial charge < -0.3 is 20.2 Å². The molecule has 10 heteroatoms. The van der Waals surface area contributed by atoms with Gasteiger partial charge in [0.15, 0.2) is 0 Å². The third-order valence-electron chi connectivity index (χ3n) is 4.43. The summed E-state index contributed by atoms with van der Waals surface area (Å²) in [5.74, 6) is -0.112. The van der Waals surface area contributed by atoms with Crippen LogP contribution in [0.15, 0.2) is 42.7 Å². The fourth-order valence-electron chi connectivity index (χ4n) is 2.85. The predicted octanol–water partition coefficient (Wildman–Crippen LogP) is 2.63. The third-order valence-corrected chi connectivity index (χ3v) is 4.43. The molecule has 0 saturated heterocycles. The van der Waals surface area contributed by atoms with Crippen molar-refractivity contribution in [2.45, 2.75) is 26.9 Å². The highest BCUT2D eigenvalue weighted by Gasteiger charge is 2.21. The summed E-state index contributed by atoms with van der Waals surface area (Å²) in [4.78, 5) is 22.8. The number of carbonyl (C=O) groups is 1. The number of anilines is 1. The highest BCUT2D eigenvalue weighted by Crippen LogP contribution is 2.16. The van der Waals surface area contributed by atoms with Gasteiger partial charge in [0.2, 0.25) is 5.91 Å². The molecule has 0 bridgehead atoms. The van der Waals surface area contributed by atoms with Gasteiger partial charge in [-0.25, -0.2) is 0 Å². The second kappa shape index (κ2) is 8.55. The molecule has 1 aromatic carbocycles. The average Bonchev–Trinajstić information content (AvgIpc) is 3.28. The van der Waals surface area contributed by atoms with E-state index in [0.717, 1.165) is 11.3 Å². The zero-order chi connectivity index (χ0) is 21.0. The molecule has 29 heavy (non-hydrogen) atoms. The standard InChI is InChI=1S/C19H22N6O4/c1-13(10-24-14(2)7-18(22-24)25(27)28)19(26)21-16-9-20-23(12-16)11-15-5-4-6-17(8-15)29-3/h4-9,12-13H,10-11H2,1-3H3,(H,21,26). The lowest BCUT2D eigenvalue weighted by Gasteiger charge is -2.10. The Morgan fingerprint density at radius 2 is 2.17 bits per heavy atom. The molecule has 0 radical (unpaired) electrons. The van der Waals surface area contributed by atoms with Crippen LogP contribution >= 0.6 is 0 Å². The summed E-state index contributed by atoms with van der Waals surface area (Å²) in [7, 11) is 1.62. The molecule has 152 valence electrons. The van der Waals surface area contributed by atoms with Crippen molar-refractivity contribution in [1.82, 2.24) is 19.6 Å². The van der Waals surface area contributed by atoms with Gasteiger partial charge in [-0.1, -0.05) is 19.1 Å². The van der Waals surface area contributed by atoms with Crippen LogP contribution in [0.2, 0.25) is 0 Å². The van der Waals surface area contributed by atoms with Crippen molar-refractivity contribution in [2.75, 3.05) is 12.4 Å². The predicted molar refractivity (Wildman–Crippen MR) is 106 cm³/mol. The summed E-state index contributed by atoms with van der Waals surface area (Å²) in [5.41, 5.74) is 2.23. The van der Waals surface area contributed by atoms with Crippen LogP contribution in [-0.4, -0.2) is 37.5 Å². The molecule has 10 nitrogen and oxygen atoms in total. The second-order valence-corrected chi connectivity index (χ2v) is 6.75. The van der Waals surface area contributed by atoms with Gasteiger partial charge in [-0.3, -0.25) is 9.48 Å². The highest BCUT2D eigenvalue weighted by molar-refractivity contribution is 5.91. The second-order valence-electron chi connectivity index (χ2n) is 6.75. The van der Waals surface area contributed by atoms with Crippen molar-refractivity contribution >= 4 is 17.4 Å². The first kappa shape index (κ1) is 20.1. The fraction of sp³-hybridized carbons (Fsp3) is 0.316. The molecule has 0 aliphatic heterocycles. The monoisotopic (exact) mass is 398 g/mol. The number of ether oxygens (including phenoxy) is 1. The zero-order valence-corrected chi connectivity index (χ0v) is 16.4. The van der Waals surface area contributed by atoms with Crippen LogP contribution in [0.25, 0.3) is 0 Å². The minimum absolute atomic E-state index is 0.219. The van der Waals surface area contributed by atoms with Crippen LogP contribution in [0, 0.1) is 23.0 Å². The molecular weight excluding hydrogens is 376 g/mol. The molecule has 0 aliphatic carbocycles. The Morgan fingerprint density at radius 1 is 1.38 bits per heavy atom. The molecule has 0 fully saturated rings. The van der Waals surface area contributed by atoms with E-state index < -0.39 is 10.8 Å². The molecule has 2 heterocycles. The first-order valence-electron chi connectivity index (χ1n) is 9.01. The maximum absolute atomic E-state index is 12.5. The van der Waals surface area contributed by atoms with E-state index in [9.17, 15) is 14.9 Å². The van der Waals surface area contributed by atoms with Crippen molar-refractivity contribution < 1.29 is 14.5 Å². The Bertz CT molecular complexity index is 1030. The first-order valence-corrected chi connectivity index (χ1v) is 9.01. The molecule has 2 aromatic heterocycles. The van der Waals surface area contributed by atoms with Gasteiger partial charge in [0.05, 0.1) is 54.9 Å². The topological polar surface area (TPSA) is 117 Å². The average molecular weight is 398 g/mol. The SMILES string of the molecule is COc1cccc(Cn2cc(NC(=O)C(C)Cn3nc([N+](=O)[O-])cc3C)cn2)c1. The number of aryl methyl sites for hydroxylation is 1. The molecule has 0 saturated carbocycles. The minimum Gasteiger partial charge on any atom is -0.497 e. The van der Waals surface area contributed by atoms with Crippen LogP contribution < -0.4 is 10.1 Å².